The molecule has 0 aliphatic heterocycles. The van der Waals surface area contributed by atoms with Crippen LogP contribution in [-0.4, -0.2) is 28.3 Å². The van der Waals surface area contributed by atoms with E-state index in [9.17, 15) is 18.0 Å². The second-order valence-corrected chi connectivity index (χ2v) is 4.35. The largest absolute Gasteiger partial charge is 0.481 e. The zero-order chi connectivity index (χ0) is 15.3. The van der Waals surface area contributed by atoms with Gasteiger partial charge in [-0.2, -0.15) is 13.2 Å². The number of pyridine rings is 1. The second kappa shape index (κ2) is 6.58. The maximum atomic E-state index is 12.5. The number of carbonyl (C=O) groups is 1. The fraction of sp³-hybridized carbons (Fsp3) is 0.538. The Morgan fingerprint density at radius 2 is 2.15 bits per heavy atom. The molecule has 0 unspecified atom stereocenters. The van der Waals surface area contributed by atoms with E-state index in [2.05, 4.69) is 4.98 Å². The molecule has 0 amide bonds. The van der Waals surface area contributed by atoms with Crippen LogP contribution in [0.4, 0.5) is 13.2 Å². The van der Waals surface area contributed by atoms with E-state index in [1.165, 1.54) is 6.07 Å². The number of hydrogen-bond donors (Lipinski definition) is 1. The molecule has 0 bridgehead atoms. The maximum Gasteiger partial charge on any atom is 0.425 e. The van der Waals surface area contributed by atoms with Crippen LogP contribution in [0.3, 0.4) is 0 Å². The third-order valence-corrected chi connectivity index (χ3v) is 2.76. The Labute approximate surface area is 114 Å². The number of aromatic nitrogens is 1. The normalized spacial score (nSPS) is 13.1. The molecule has 1 N–H and O–H groups in total. The lowest BCUT2D eigenvalue weighted by Crippen LogP contribution is -2.31. The summed E-state index contributed by atoms with van der Waals surface area (Å²) in [6.45, 7) is 2.78. The summed E-state index contributed by atoms with van der Waals surface area (Å²) in [4.78, 5) is 14.8. The van der Waals surface area contributed by atoms with Crippen molar-refractivity contribution in [2.75, 3.05) is 0 Å². The summed E-state index contributed by atoms with van der Waals surface area (Å²) in [5.41, 5.74) is -0.0525. The van der Waals surface area contributed by atoms with Crippen LogP contribution >= 0.6 is 0 Å². The lowest BCUT2D eigenvalue weighted by atomic mass is 10.1. The summed E-state index contributed by atoms with van der Waals surface area (Å²) in [6.07, 6.45) is -3.64. The van der Waals surface area contributed by atoms with Gasteiger partial charge in [0.05, 0.1) is 0 Å². The SMILES string of the molecule is CCCCc1c(O[C@@H](C)C(F)(F)F)ccnc1C(=O)O. The van der Waals surface area contributed by atoms with Crippen LogP contribution in [-0.2, 0) is 6.42 Å². The predicted molar refractivity (Wildman–Crippen MR) is 66.0 cm³/mol. The van der Waals surface area contributed by atoms with Gasteiger partial charge in [-0.15, -0.1) is 0 Å². The minimum atomic E-state index is -4.51. The van der Waals surface area contributed by atoms with Crippen molar-refractivity contribution in [3.05, 3.63) is 23.5 Å². The lowest BCUT2D eigenvalue weighted by molar-refractivity contribution is -0.189. The number of unbranched alkanes of at least 4 members (excludes halogenated alkanes) is 1. The third-order valence-electron chi connectivity index (χ3n) is 2.76. The first-order valence-electron chi connectivity index (χ1n) is 6.22. The van der Waals surface area contributed by atoms with E-state index in [0.29, 0.717) is 12.8 Å². The van der Waals surface area contributed by atoms with E-state index in [0.717, 1.165) is 19.5 Å². The van der Waals surface area contributed by atoms with Gasteiger partial charge in [0, 0.05) is 11.8 Å². The molecule has 0 aromatic carbocycles. The first kappa shape index (κ1) is 16.3. The van der Waals surface area contributed by atoms with E-state index >= 15 is 0 Å². The number of rotatable bonds is 6. The van der Waals surface area contributed by atoms with Crippen molar-refractivity contribution in [3.8, 4) is 5.75 Å². The summed E-state index contributed by atoms with van der Waals surface area (Å²) >= 11 is 0. The van der Waals surface area contributed by atoms with Gasteiger partial charge in [0.15, 0.2) is 11.8 Å². The van der Waals surface area contributed by atoms with Crippen molar-refractivity contribution in [2.45, 2.75) is 45.4 Å². The summed E-state index contributed by atoms with van der Waals surface area (Å²) in [7, 11) is 0. The molecular weight excluding hydrogens is 275 g/mol. The van der Waals surface area contributed by atoms with Gasteiger partial charge in [0.1, 0.15) is 5.75 Å². The molecule has 0 saturated heterocycles. The van der Waals surface area contributed by atoms with Gasteiger partial charge in [-0.25, -0.2) is 9.78 Å². The van der Waals surface area contributed by atoms with Crippen molar-refractivity contribution >= 4 is 5.97 Å². The molecule has 1 aromatic rings. The summed E-state index contributed by atoms with van der Waals surface area (Å²) in [5, 5.41) is 9.04. The van der Waals surface area contributed by atoms with E-state index in [1.807, 2.05) is 6.92 Å². The molecule has 0 aliphatic carbocycles. The Hall–Kier alpha value is -1.79. The van der Waals surface area contributed by atoms with Crippen LogP contribution in [0.1, 0.15) is 42.7 Å². The average Bonchev–Trinajstić information content (AvgIpc) is 2.35. The summed E-state index contributed by atoms with van der Waals surface area (Å²) < 4.78 is 42.4. The minimum Gasteiger partial charge on any atom is -0.481 e. The number of aromatic carboxylic acids is 1. The number of carboxylic acid groups (broad SMARTS) is 1. The number of hydrogen-bond acceptors (Lipinski definition) is 3. The van der Waals surface area contributed by atoms with E-state index in [-0.39, 0.29) is 17.0 Å². The Kier molecular flexibility index (Phi) is 5.35. The van der Waals surface area contributed by atoms with Crippen LogP contribution in [0.15, 0.2) is 12.3 Å². The minimum absolute atomic E-state index is 0.0734. The van der Waals surface area contributed by atoms with Crippen LogP contribution in [0.5, 0.6) is 5.75 Å². The molecule has 0 fully saturated rings. The van der Waals surface area contributed by atoms with Gasteiger partial charge in [-0.3, -0.25) is 0 Å². The Morgan fingerprint density at radius 1 is 1.50 bits per heavy atom. The Balaban J connectivity index is 3.11. The highest BCUT2D eigenvalue weighted by atomic mass is 19.4. The third kappa shape index (κ3) is 4.11. The van der Waals surface area contributed by atoms with Gasteiger partial charge in [-0.1, -0.05) is 13.3 Å². The Morgan fingerprint density at radius 3 is 2.65 bits per heavy atom. The van der Waals surface area contributed by atoms with Crippen molar-refractivity contribution in [1.29, 1.82) is 0 Å². The van der Waals surface area contributed by atoms with Crippen molar-refractivity contribution in [1.82, 2.24) is 4.98 Å². The maximum absolute atomic E-state index is 12.5. The smallest absolute Gasteiger partial charge is 0.425 e. The molecule has 20 heavy (non-hydrogen) atoms. The average molecular weight is 291 g/mol. The van der Waals surface area contributed by atoms with E-state index in [4.69, 9.17) is 9.84 Å². The molecule has 7 heteroatoms. The number of carboxylic acids is 1. The fourth-order valence-electron chi connectivity index (χ4n) is 1.62. The van der Waals surface area contributed by atoms with Crippen LogP contribution < -0.4 is 4.74 Å². The number of alkyl halides is 3. The predicted octanol–water partition coefficient (Wildman–Crippen LogP) is 3.45. The zero-order valence-corrected chi connectivity index (χ0v) is 11.2. The first-order valence-corrected chi connectivity index (χ1v) is 6.22. The van der Waals surface area contributed by atoms with Gasteiger partial charge in [0.2, 0.25) is 0 Å². The topological polar surface area (TPSA) is 59.4 Å². The first-order chi connectivity index (χ1) is 9.27. The molecule has 4 nitrogen and oxygen atoms in total. The van der Waals surface area contributed by atoms with Gasteiger partial charge in [-0.05, 0) is 25.8 Å². The van der Waals surface area contributed by atoms with Gasteiger partial charge >= 0.3 is 12.1 Å². The highest BCUT2D eigenvalue weighted by Gasteiger charge is 2.38. The van der Waals surface area contributed by atoms with Gasteiger partial charge < -0.3 is 9.84 Å². The summed E-state index contributed by atoms with van der Waals surface area (Å²) in [5.74, 6) is -1.35. The lowest BCUT2D eigenvalue weighted by Gasteiger charge is -2.20. The van der Waals surface area contributed by atoms with E-state index in [1.54, 1.807) is 0 Å². The van der Waals surface area contributed by atoms with Crippen molar-refractivity contribution in [3.63, 3.8) is 0 Å². The summed E-state index contributed by atoms with van der Waals surface area (Å²) in [6, 6.07) is 1.26. The molecule has 1 rings (SSSR count). The highest BCUT2D eigenvalue weighted by molar-refractivity contribution is 5.87. The monoisotopic (exact) mass is 291 g/mol. The van der Waals surface area contributed by atoms with Crippen molar-refractivity contribution in [2.24, 2.45) is 0 Å². The number of ether oxygens (including phenoxy) is 1. The highest BCUT2D eigenvalue weighted by Crippen LogP contribution is 2.29. The quantitative estimate of drug-likeness (QED) is 0.872. The van der Waals surface area contributed by atoms with Gasteiger partial charge in [0.25, 0.3) is 0 Å². The zero-order valence-electron chi connectivity index (χ0n) is 11.2. The molecule has 112 valence electrons. The van der Waals surface area contributed by atoms with Crippen LogP contribution in [0, 0.1) is 0 Å². The molecule has 0 aliphatic rings. The molecular formula is C13H16F3NO3. The number of halogens is 3. The molecule has 1 heterocycles. The molecule has 0 saturated carbocycles. The molecule has 0 radical (unpaired) electrons. The van der Waals surface area contributed by atoms with Crippen LogP contribution in [0.2, 0.25) is 0 Å². The van der Waals surface area contributed by atoms with Crippen LogP contribution in [0.25, 0.3) is 0 Å². The Bertz CT molecular complexity index is 474. The number of nitrogens with zero attached hydrogens (tertiary/aromatic N) is 1. The van der Waals surface area contributed by atoms with Crippen molar-refractivity contribution < 1.29 is 27.8 Å². The fourth-order valence-corrected chi connectivity index (χ4v) is 1.62. The standard InChI is InChI=1S/C13H16F3NO3/c1-3-4-5-9-10(20-8(2)13(14,15)16)6-7-17-11(9)12(18)19/h6-8H,3-5H2,1-2H3,(H,18,19)/t8-/m0/s1. The second-order valence-electron chi connectivity index (χ2n) is 4.35. The molecule has 1 atom stereocenters. The molecule has 1 aromatic heterocycles. The van der Waals surface area contributed by atoms with E-state index < -0.39 is 18.2 Å². The molecule has 0 spiro atoms.